The van der Waals surface area contributed by atoms with Crippen LogP contribution in [0.25, 0.3) is 0 Å². The monoisotopic (exact) mass is 399 g/mol. The molecule has 9 heteroatoms. The van der Waals surface area contributed by atoms with Gasteiger partial charge in [-0.15, -0.1) is 0 Å². The Balaban J connectivity index is 1.78. The van der Waals surface area contributed by atoms with Crippen molar-refractivity contribution < 1.29 is 27.9 Å². The Bertz CT molecular complexity index is 744. The molecule has 0 radical (unpaired) electrons. The number of carbonyl (C=O) groups is 2. The van der Waals surface area contributed by atoms with Crippen molar-refractivity contribution in [2.45, 2.75) is 76.3 Å². The molecule has 3 atom stereocenters. The summed E-state index contributed by atoms with van der Waals surface area (Å²) >= 11 is 0. The van der Waals surface area contributed by atoms with Crippen LogP contribution in [0.2, 0.25) is 0 Å². The Morgan fingerprint density at radius 1 is 1.14 bits per heavy atom. The molecule has 0 saturated carbocycles. The fraction of sp³-hybridized carbons (Fsp3) is 0.632. The van der Waals surface area contributed by atoms with Gasteiger partial charge in [-0.2, -0.15) is 13.2 Å². The van der Waals surface area contributed by atoms with E-state index in [0.29, 0.717) is 18.7 Å². The van der Waals surface area contributed by atoms with Crippen molar-refractivity contribution in [3.63, 3.8) is 0 Å². The molecule has 154 valence electrons. The van der Waals surface area contributed by atoms with E-state index in [-0.39, 0.29) is 18.1 Å². The number of pyridine rings is 1. The lowest BCUT2D eigenvalue weighted by Crippen LogP contribution is -2.57. The van der Waals surface area contributed by atoms with Gasteiger partial charge in [0, 0.05) is 35.4 Å². The molecule has 2 bridgehead atoms. The van der Waals surface area contributed by atoms with Gasteiger partial charge in [0.05, 0.1) is 0 Å². The van der Waals surface area contributed by atoms with E-state index in [1.807, 2.05) is 20.8 Å². The maximum atomic E-state index is 12.6. The summed E-state index contributed by atoms with van der Waals surface area (Å²) in [6, 6.07) is 2.64. The zero-order chi connectivity index (χ0) is 20.9. The molecule has 1 amide bonds. The van der Waals surface area contributed by atoms with E-state index in [1.54, 1.807) is 0 Å². The van der Waals surface area contributed by atoms with Crippen LogP contribution in [0.1, 0.15) is 56.8 Å². The van der Waals surface area contributed by atoms with Crippen LogP contribution in [-0.4, -0.2) is 56.7 Å². The summed E-state index contributed by atoms with van der Waals surface area (Å²) in [5.41, 5.74) is -1.00. The number of alkyl halides is 3. The van der Waals surface area contributed by atoms with Crippen LogP contribution in [0.4, 0.5) is 23.8 Å². The number of hydrogen-bond donors (Lipinski definition) is 1. The summed E-state index contributed by atoms with van der Waals surface area (Å²) in [6.07, 6.45) is -1.86. The molecule has 6 nitrogen and oxygen atoms in total. The number of amides is 1. The second-order valence-corrected chi connectivity index (χ2v) is 8.47. The number of aromatic nitrogens is 1. The number of hydrogen-bond acceptors (Lipinski definition) is 4. The number of rotatable bonds is 3. The topological polar surface area (TPSA) is 73.7 Å². The highest BCUT2D eigenvalue weighted by atomic mass is 19.4. The predicted molar refractivity (Wildman–Crippen MR) is 96.6 cm³/mol. The third-order valence-corrected chi connectivity index (χ3v) is 5.53. The standard InChI is InChI=1S/C19H24F3N3O3/c1-18(2,3)25(17(27)28)14-8-12-5-6-13(9-14)24(12)15-7-4-11(10-23-15)16(26)19(20,21)22/h4,7,10,12-14H,5-6,8-9H2,1-3H3,(H,27,28)/t12-,13+,14?. The molecule has 0 aromatic carbocycles. The molecule has 1 unspecified atom stereocenters. The Kier molecular flexibility index (Phi) is 5.05. The van der Waals surface area contributed by atoms with Crippen molar-refractivity contribution in [3.05, 3.63) is 23.9 Å². The molecule has 0 aliphatic carbocycles. The highest BCUT2D eigenvalue weighted by Crippen LogP contribution is 2.41. The summed E-state index contributed by atoms with van der Waals surface area (Å²) in [4.78, 5) is 30.8. The molecule has 3 heterocycles. The highest BCUT2D eigenvalue weighted by Gasteiger charge is 2.46. The number of fused-ring (bicyclic) bond motifs is 2. The number of carbonyl (C=O) groups excluding carboxylic acids is 1. The molecule has 2 fully saturated rings. The van der Waals surface area contributed by atoms with Crippen molar-refractivity contribution in [2.75, 3.05) is 4.90 Å². The van der Waals surface area contributed by atoms with Gasteiger partial charge in [0.15, 0.2) is 0 Å². The van der Waals surface area contributed by atoms with Crippen LogP contribution in [0.3, 0.4) is 0 Å². The number of halogens is 3. The molecule has 3 rings (SSSR count). The van der Waals surface area contributed by atoms with Gasteiger partial charge in [-0.25, -0.2) is 9.78 Å². The summed E-state index contributed by atoms with van der Waals surface area (Å²) < 4.78 is 37.7. The Morgan fingerprint density at radius 3 is 2.11 bits per heavy atom. The van der Waals surface area contributed by atoms with E-state index in [1.165, 1.54) is 11.0 Å². The second kappa shape index (κ2) is 6.93. The summed E-state index contributed by atoms with van der Waals surface area (Å²) in [7, 11) is 0. The average Bonchev–Trinajstić information content (AvgIpc) is 2.82. The van der Waals surface area contributed by atoms with E-state index in [0.717, 1.165) is 25.1 Å². The summed E-state index contributed by atoms with van der Waals surface area (Å²) in [5, 5.41) is 9.66. The molecule has 2 saturated heterocycles. The smallest absolute Gasteiger partial charge is 0.454 e. The van der Waals surface area contributed by atoms with Gasteiger partial charge in [-0.05, 0) is 58.6 Å². The summed E-state index contributed by atoms with van der Waals surface area (Å²) in [5.74, 6) is -1.38. The van der Waals surface area contributed by atoms with Crippen molar-refractivity contribution in [1.82, 2.24) is 9.88 Å². The van der Waals surface area contributed by atoms with Crippen molar-refractivity contribution >= 4 is 17.7 Å². The Labute approximate surface area is 161 Å². The second-order valence-electron chi connectivity index (χ2n) is 8.47. The first-order valence-electron chi connectivity index (χ1n) is 9.27. The average molecular weight is 399 g/mol. The van der Waals surface area contributed by atoms with Crippen molar-refractivity contribution in [2.24, 2.45) is 0 Å². The number of Topliss-reactive ketones (excluding diaryl/α,β-unsaturated/α-hetero) is 1. The normalized spacial score (nSPS) is 24.9. The highest BCUT2D eigenvalue weighted by molar-refractivity contribution is 6.00. The van der Waals surface area contributed by atoms with Crippen molar-refractivity contribution in [1.29, 1.82) is 0 Å². The first kappa shape index (κ1) is 20.4. The van der Waals surface area contributed by atoms with Crippen LogP contribution < -0.4 is 4.90 Å². The lowest BCUT2D eigenvalue weighted by Gasteiger charge is -2.47. The van der Waals surface area contributed by atoms with Gasteiger partial charge >= 0.3 is 12.3 Å². The molecule has 2 aliphatic rings. The molecule has 0 spiro atoms. The number of ketones is 1. The van der Waals surface area contributed by atoms with Gasteiger partial charge in [-0.3, -0.25) is 4.79 Å². The fourth-order valence-electron chi connectivity index (χ4n) is 4.56. The van der Waals surface area contributed by atoms with E-state index in [2.05, 4.69) is 9.88 Å². The summed E-state index contributed by atoms with van der Waals surface area (Å²) in [6.45, 7) is 5.61. The van der Waals surface area contributed by atoms with Crippen molar-refractivity contribution in [3.8, 4) is 0 Å². The van der Waals surface area contributed by atoms with Gasteiger partial charge < -0.3 is 14.9 Å². The van der Waals surface area contributed by atoms with Gasteiger partial charge in [0.2, 0.25) is 0 Å². The van der Waals surface area contributed by atoms with Crippen LogP contribution in [0, 0.1) is 0 Å². The van der Waals surface area contributed by atoms with E-state index < -0.39 is 29.2 Å². The molecule has 1 N–H and O–H groups in total. The van der Waals surface area contributed by atoms with Crippen LogP contribution in [-0.2, 0) is 0 Å². The maximum absolute atomic E-state index is 12.6. The van der Waals surface area contributed by atoms with Crippen LogP contribution in [0.15, 0.2) is 18.3 Å². The van der Waals surface area contributed by atoms with Gasteiger partial charge in [-0.1, -0.05) is 0 Å². The molecule has 1 aromatic heterocycles. The van der Waals surface area contributed by atoms with Gasteiger partial charge in [0.25, 0.3) is 5.78 Å². The Morgan fingerprint density at radius 2 is 1.71 bits per heavy atom. The lowest BCUT2D eigenvalue weighted by atomic mass is 9.92. The zero-order valence-electron chi connectivity index (χ0n) is 16.0. The first-order valence-corrected chi connectivity index (χ1v) is 9.27. The van der Waals surface area contributed by atoms with E-state index >= 15 is 0 Å². The van der Waals surface area contributed by atoms with E-state index in [4.69, 9.17) is 0 Å². The minimum atomic E-state index is -4.92. The molecule has 28 heavy (non-hydrogen) atoms. The number of piperidine rings is 1. The Hall–Kier alpha value is -2.32. The van der Waals surface area contributed by atoms with E-state index in [9.17, 15) is 27.9 Å². The minimum Gasteiger partial charge on any atom is -0.465 e. The molecular weight excluding hydrogens is 375 g/mol. The molecular formula is C19H24F3N3O3. The number of carboxylic acid groups (broad SMARTS) is 1. The number of anilines is 1. The van der Waals surface area contributed by atoms with Crippen LogP contribution >= 0.6 is 0 Å². The zero-order valence-corrected chi connectivity index (χ0v) is 16.0. The predicted octanol–water partition coefficient (Wildman–Crippen LogP) is 4.10. The third-order valence-electron chi connectivity index (χ3n) is 5.53. The fourth-order valence-corrected chi connectivity index (χ4v) is 4.56. The molecule has 1 aromatic rings. The maximum Gasteiger partial charge on any atom is 0.454 e. The van der Waals surface area contributed by atoms with Gasteiger partial charge in [0.1, 0.15) is 5.82 Å². The SMILES string of the molecule is CC(C)(C)N(C(=O)O)C1C[C@H]2CC[C@@H](C1)N2c1ccc(C(=O)C(F)(F)F)cn1. The third kappa shape index (κ3) is 3.79. The largest absolute Gasteiger partial charge is 0.465 e. The van der Waals surface area contributed by atoms with Crippen LogP contribution in [0.5, 0.6) is 0 Å². The molecule has 2 aliphatic heterocycles. The first-order chi connectivity index (χ1) is 12.9. The number of nitrogens with zero attached hydrogens (tertiary/aromatic N) is 3. The minimum absolute atomic E-state index is 0.0737. The lowest BCUT2D eigenvalue weighted by molar-refractivity contribution is -0.0885. The quantitative estimate of drug-likeness (QED) is 0.775.